The first-order valence-electron chi connectivity index (χ1n) is 8.88. The van der Waals surface area contributed by atoms with E-state index in [1.807, 2.05) is 49.4 Å². The third-order valence-corrected chi connectivity index (χ3v) is 4.10. The molecule has 1 atom stereocenters. The third kappa shape index (κ3) is 5.69. The van der Waals surface area contributed by atoms with E-state index in [1.54, 1.807) is 20.3 Å². The summed E-state index contributed by atoms with van der Waals surface area (Å²) in [7, 11) is 3.27. The van der Waals surface area contributed by atoms with Crippen molar-refractivity contribution in [3.63, 3.8) is 0 Å². The van der Waals surface area contributed by atoms with Gasteiger partial charge in [0.15, 0.2) is 6.10 Å². The highest BCUT2D eigenvalue weighted by atomic mass is 16.5. The zero-order valence-corrected chi connectivity index (χ0v) is 15.7. The van der Waals surface area contributed by atoms with E-state index in [9.17, 15) is 4.79 Å². The minimum Gasteiger partial charge on any atom is -0.497 e. The fourth-order valence-corrected chi connectivity index (χ4v) is 2.67. The van der Waals surface area contributed by atoms with Gasteiger partial charge in [-0.3, -0.25) is 4.79 Å². The lowest BCUT2D eigenvalue weighted by atomic mass is 10.1. The molecule has 5 nitrogen and oxygen atoms in total. The molecule has 2 rings (SSSR count). The molecule has 0 aliphatic carbocycles. The summed E-state index contributed by atoms with van der Waals surface area (Å²) in [5.41, 5.74) is 1.14. The van der Waals surface area contributed by atoms with Gasteiger partial charge in [-0.05, 0) is 43.0 Å². The smallest absolute Gasteiger partial charge is 0.261 e. The molecule has 0 unspecified atom stereocenters. The Hall–Kier alpha value is -2.69. The van der Waals surface area contributed by atoms with Crippen LogP contribution in [0.5, 0.6) is 17.2 Å². The zero-order chi connectivity index (χ0) is 18.8. The summed E-state index contributed by atoms with van der Waals surface area (Å²) in [4.78, 5) is 12.4. The molecular weight excluding hydrogens is 330 g/mol. The molecule has 0 fully saturated rings. The van der Waals surface area contributed by atoms with Crippen LogP contribution in [0.2, 0.25) is 0 Å². The first-order valence-corrected chi connectivity index (χ1v) is 8.88. The van der Waals surface area contributed by atoms with E-state index < -0.39 is 6.10 Å². The predicted octanol–water partition coefficient (Wildman–Crippen LogP) is 3.61. The zero-order valence-electron chi connectivity index (χ0n) is 15.7. The van der Waals surface area contributed by atoms with Crippen LogP contribution >= 0.6 is 0 Å². The number of hydrogen-bond donors (Lipinski definition) is 1. The average molecular weight is 357 g/mol. The Labute approximate surface area is 155 Å². The number of benzene rings is 2. The van der Waals surface area contributed by atoms with Gasteiger partial charge in [-0.1, -0.05) is 31.2 Å². The average Bonchev–Trinajstić information content (AvgIpc) is 2.69. The van der Waals surface area contributed by atoms with Crippen LogP contribution in [-0.4, -0.2) is 32.8 Å². The largest absolute Gasteiger partial charge is 0.497 e. The van der Waals surface area contributed by atoms with E-state index in [-0.39, 0.29) is 5.91 Å². The second-order valence-corrected chi connectivity index (χ2v) is 5.90. The molecule has 0 heterocycles. The minimum atomic E-state index is -0.520. The number of carbonyl (C=O) groups is 1. The maximum atomic E-state index is 12.4. The second-order valence-electron chi connectivity index (χ2n) is 5.90. The highest BCUT2D eigenvalue weighted by Crippen LogP contribution is 2.21. The van der Waals surface area contributed by atoms with Crippen molar-refractivity contribution in [2.24, 2.45) is 0 Å². The summed E-state index contributed by atoms with van der Waals surface area (Å²) in [6, 6.07) is 15.2. The topological polar surface area (TPSA) is 56.8 Å². The molecule has 1 amide bonds. The third-order valence-electron chi connectivity index (χ3n) is 4.10. The summed E-state index contributed by atoms with van der Waals surface area (Å²) in [6.07, 6.45) is 1.75. The number of hydrogen-bond acceptors (Lipinski definition) is 4. The van der Waals surface area contributed by atoms with Gasteiger partial charge in [-0.15, -0.1) is 0 Å². The lowest BCUT2D eigenvalue weighted by molar-refractivity contribution is -0.128. The van der Waals surface area contributed by atoms with Crippen LogP contribution in [0, 0.1) is 0 Å². The normalized spacial score (nSPS) is 11.5. The van der Waals surface area contributed by atoms with E-state index in [0.717, 1.165) is 24.2 Å². The Bertz CT molecular complexity index is 702. The monoisotopic (exact) mass is 357 g/mol. The molecule has 0 saturated heterocycles. The van der Waals surface area contributed by atoms with E-state index in [4.69, 9.17) is 14.2 Å². The molecule has 0 saturated carbocycles. The van der Waals surface area contributed by atoms with Crippen LogP contribution < -0.4 is 19.5 Å². The lowest BCUT2D eigenvalue weighted by Crippen LogP contribution is -2.38. The summed E-state index contributed by atoms with van der Waals surface area (Å²) >= 11 is 0. The lowest BCUT2D eigenvalue weighted by Gasteiger charge is -2.17. The van der Waals surface area contributed by atoms with Gasteiger partial charge in [0.25, 0.3) is 5.91 Å². The van der Waals surface area contributed by atoms with Crippen molar-refractivity contribution < 1.29 is 19.0 Å². The van der Waals surface area contributed by atoms with Crippen LogP contribution in [0.4, 0.5) is 0 Å². The van der Waals surface area contributed by atoms with Gasteiger partial charge in [0.2, 0.25) is 0 Å². The maximum absolute atomic E-state index is 12.4. The van der Waals surface area contributed by atoms with Gasteiger partial charge in [-0.2, -0.15) is 0 Å². The molecule has 1 N–H and O–H groups in total. The van der Waals surface area contributed by atoms with E-state index >= 15 is 0 Å². The molecule has 2 aromatic rings. The van der Waals surface area contributed by atoms with Gasteiger partial charge >= 0.3 is 0 Å². The van der Waals surface area contributed by atoms with Crippen molar-refractivity contribution >= 4 is 5.91 Å². The molecule has 5 heteroatoms. The van der Waals surface area contributed by atoms with Crippen LogP contribution in [0.25, 0.3) is 0 Å². The van der Waals surface area contributed by atoms with Gasteiger partial charge in [0, 0.05) is 12.6 Å². The second kappa shape index (κ2) is 10.3. The summed E-state index contributed by atoms with van der Waals surface area (Å²) in [5, 5.41) is 2.95. The number of nitrogens with one attached hydrogen (secondary N) is 1. The van der Waals surface area contributed by atoms with E-state index in [2.05, 4.69) is 5.32 Å². The maximum Gasteiger partial charge on any atom is 0.261 e. The Kier molecular flexibility index (Phi) is 7.80. The molecular formula is C21H27NO4. The SMILES string of the molecule is CC[C@H](Oc1cccc(OC)c1)C(=O)NCCCc1ccccc1OC. The Balaban J connectivity index is 1.81. The Morgan fingerprint density at radius 1 is 1.04 bits per heavy atom. The predicted molar refractivity (Wildman–Crippen MR) is 102 cm³/mol. The van der Waals surface area contributed by atoms with Crippen molar-refractivity contribution in [1.82, 2.24) is 5.32 Å². The van der Waals surface area contributed by atoms with Crippen molar-refractivity contribution in [1.29, 1.82) is 0 Å². The molecule has 0 bridgehead atoms. The fraction of sp³-hybridized carbons (Fsp3) is 0.381. The number of rotatable bonds is 10. The van der Waals surface area contributed by atoms with Gasteiger partial charge in [0.05, 0.1) is 14.2 Å². The van der Waals surface area contributed by atoms with Crippen molar-refractivity contribution in [2.75, 3.05) is 20.8 Å². The number of carbonyl (C=O) groups excluding carboxylic acids is 1. The van der Waals surface area contributed by atoms with Gasteiger partial charge in [-0.25, -0.2) is 0 Å². The molecule has 0 spiro atoms. The molecule has 0 aliphatic heterocycles. The number of ether oxygens (including phenoxy) is 3. The number of aryl methyl sites for hydroxylation is 1. The fourth-order valence-electron chi connectivity index (χ4n) is 2.67. The number of methoxy groups -OCH3 is 2. The Morgan fingerprint density at radius 3 is 2.54 bits per heavy atom. The quantitative estimate of drug-likeness (QED) is 0.660. The summed E-state index contributed by atoms with van der Waals surface area (Å²) in [6.45, 7) is 2.52. The van der Waals surface area contributed by atoms with Crippen molar-refractivity contribution in [3.05, 3.63) is 54.1 Å². The van der Waals surface area contributed by atoms with Crippen LogP contribution in [0.3, 0.4) is 0 Å². The summed E-state index contributed by atoms with van der Waals surface area (Å²) in [5.74, 6) is 2.11. The van der Waals surface area contributed by atoms with Gasteiger partial charge < -0.3 is 19.5 Å². The van der Waals surface area contributed by atoms with Crippen molar-refractivity contribution in [3.8, 4) is 17.2 Å². The van der Waals surface area contributed by atoms with Crippen LogP contribution in [-0.2, 0) is 11.2 Å². The van der Waals surface area contributed by atoms with E-state index in [1.165, 1.54) is 0 Å². The highest BCUT2D eigenvalue weighted by molar-refractivity contribution is 5.81. The first-order chi connectivity index (χ1) is 12.7. The molecule has 0 aromatic heterocycles. The molecule has 2 aromatic carbocycles. The molecule has 26 heavy (non-hydrogen) atoms. The molecule has 140 valence electrons. The Morgan fingerprint density at radius 2 is 1.81 bits per heavy atom. The molecule has 0 aliphatic rings. The summed E-state index contributed by atoms with van der Waals surface area (Å²) < 4.78 is 16.3. The van der Waals surface area contributed by atoms with Crippen molar-refractivity contribution in [2.45, 2.75) is 32.3 Å². The standard InChI is InChI=1S/C21H27NO4/c1-4-19(26-18-12-7-11-17(15-18)24-2)21(23)22-14-8-10-16-9-5-6-13-20(16)25-3/h5-7,9,11-13,15,19H,4,8,10,14H2,1-3H3,(H,22,23)/t19-/m0/s1. The highest BCUT2D eigenvalue weighted by Gasteiger charge is 2.18. The number of para-hydroxylation sites is 1. The van der Waals surface area contributed by atoms with Crippen LogP contribution in [0.15, 0.2) is 48.5 Å². The van der Waals surface area contributed by atoms with Gasteiger partial charge in [0.1, 0.15) is 17.2 Å². The van der Waals surface area contributed by atoms with Crippen LogP contribution in [0.1, 0.15) is 25.3 Å². The number of amides is 1. The molecule has 0 radical (unpaired) electrons. The minimum absolute atomic E-state index is 0.102. The van der Waals surface area contributed by atoms with E-state index in [0.29, 0.717) is 24.5 Å². The first kappa shape index (κ1) is 19.6.